The Labute approximate surface area is 113 Å². The average Bonchev–Trinajstić information content (AvgIpc) is 2.45. The van der Waals surface area contributed by atoms with Crippen molar-refractivity contribution in [2.75, 3.05) is 6.61 Å². The number of pyridine rings is 2. The highest BCUT2D eigenvalue weighted by Crippen LogP contribution is 2.19. The number of hydrogen-bond acceptors (Lipinski definition) is 4. The SMILES string of the molecule is CC(N)C(OCCc1ccccn1)c1ccncc1. The molecule has 4 nitrogen and oxygen atoms in total. The maximum absolute atomic E-state index is 5.99. The third-order valence-electron chi connectivity index (χ3n) is 2.89. The first-order valence-corrected chi connectivity index (χ1v) is 6.44. The van der Waals surface area contributed by atoms with Gasteiger partial charge in [0.25, 0.3) is 0 Å². The molecule has 0 radical (unpaired) electrons. The van der Waals surface area contributed by atoms with Crippen molar-refractivity contribution in [2.45, 2.75) is 25.5 Å². The van der Waals surface area contributed by atoms with Gasteiger partial charge in [-0.15, -0.1) is 0 Å². The Hall–Kier alpha value is -1.78. The normalized spacial score (nSPS) is 14.0. The van der Waals surface area contributed by atoms with Crippen LogP contribution in [0.4, 0.5) is 0 Å². The van der Waals surface area contributed by atoms with Crippen LogP contribution in [0.25, 0.3) is 0 Å². The number of ether oxygens (including phenoxy) is 1. The smallest absolute Gasteiger partial charge is 0.0974 e. The maximum atomic E-state index is 5.99. The monoisotopic (exact) mass is 257 g/mol. The maximum Gasteiger partial charge on any atom is 0.0974 e. The summed E-state index contributed by atoms with van der Waals surface area (Å²) in [7, 11) is 0. The molecule has 0 aliphatic carbocycles. The van der Waals surface area contributed by atoms with Gasteiger partial charge in [0.05, 0.1) is 12.7 Å². The molecule has 2 unspecified atom stereocenters. The third kappa shape index (κ3) is 4.12. The number of aromatic nitrogens is 2. The fraction of sp³-hybridized carbons (Fsp3) is 0.333. The summed E-state index contributed by atoms with van der Waals surface area (Å²) in [5.41, 5.74) is 8.08. The molecular formula is C15H19N3O. The minimum atomic E-state index is -0.105. The molecule has 2 rings (SSSR count). The molecule has 2 N–H and O–H groups in total. The molecule has 0 aromatic carbocycles. The Morgan fingerprint density at radius 3 is 2.58 bits per heavy atom. The molecule has 0 aliphatic rings. The van der Waals surface area contributed by atoms with Gasteiger partial charge in [0.1, 0.15) is 0 Å². The van der Waals surface area contributed by atoms with Gasteiger partial charge >= 0.3 is 0 Å². The highest BCUT2D eigenvalue weighted by atomic mass is 16.5. The number of nitrogens with two attached hydrogens (primary N) is 1. The van der Waals surface area contributed by atoms with Crippen LogP contribution in [-0.4, -0.2) is 22.6 Å². The number of rotatable bonds is 6. The summed E-state index contributed by atoms with van der Waals surface area (Å²) in [5, 5.41) is 0. The van der Waals surface area contributed by atoms with Crippen LogP contribution in [0.3, 0.4) is 0 Å². The fourth-order valence-electron chi connectivity index (χ4n) is 1.94. The quantitative estimate of drug-likeness (QED) is 0.861. The first kappa shape index (κ1) is 13.6. The van der Waals surface area contributed by atoms with E-state index < -0.39 is 0 Å². The molecule has 0 amide bonds. The summed E-state index contributed by atoms with van der Waals surface area (Å²) in [4.78, 5) is 8.28. The lowest BCUT2D eigenvalue weighted by Crippen LogP contribution is -2.27. The molecule has 0 saturated heterocycles. The molecule has 2 aromatic heterocycles. The first-order chi connectivity index (χ1) is 9.27. The lowest BCUT2D eigenvalue weighted by atomic mass is 10.1. The van der Waals surface area contributed by atoms with Crippen LogP contribution in [0.1, 0.15) is 24.3 Å². The van der Waals surface area contributed by atoms with Gasteiger partial charge in [0.15, 0.2) is 0 Å². The van der Waals surface area contributed by atoms with Crippen LogP contribution in [0.2, 0.25) is 0 Å². The van der Waals surface area contributed by atoms with Crippen molar-refractivity contribution < 1.29 is 4.74 Å². The van der Waals surface area contributed by atoms with E-state index in [0.717, 1.165) is 17.7 Å². The molecular weight excluding hydrogens is 238 g/mol. The van der Waals surface area contributed by atoms with Crippen LogP contribution in [0.5, 0.6) is 0 Å². The van der Waals surface area contributed by atoms with Crippen LogP contribution < -0.4 is 5.73 Å². The van der Waals surface area contributed by atoms with Crippen molar-refractivity contribution >= 4 is 0 Å². The summed E-state index contributed by atoms with van der Waals surface area (Å²) in [5.74, 6) is 0. The fourth-order valence-corrected chi connectivity index (χ4v) is 1.94. The van der Waals surface area contributed by atoms with E-state index in [2.05, 4.69) is 9.97 Å². The second-order valence-corrected chi connectivity index (χ2v) is 4.50. The van der Waals surface area contributed by atoms with Crippen molar-refractivity contribution in [2.24, 2.45) is 5.73 Å². The lowest BCUT2D eigenvalue weighted by molar-refractivity contribution is 0.0399. The van der Waals surface area contributed by atoms with Crippen molar-refractivity contribution in [3.63, 3.8) is 0 Å². The van der Waals surface area contributed by atoms with Gasteiger partial charge in [-0.2, -0.15) is 0 Å². The predicted molar refractivity (Wildman–Crippen MR) is 74.5 cm³/mol. The van der Waals surface area contributed by atoms with Crippen molar-refractivity contribution in [3.8, 4) is 0 Å². The minimum Gasteiger partial charge on any atom is -0.372 e. The number of hydrogen-bond donors (Lipinski definition) is 1. The zero-order chi connectivity index (χ0) is 13.5. The van der Waals surface area contributed by atoms with Crippen LogP contribution in [0, 0.1) is 0 Å². The van der Waals surface area contributed by atoms with E-state index in [0.29, 0.717) is 6.61 Å². The van der Waals surface area contributed by atoms with E-state index in [1.807, 2.05) is 37.3 Å². The van der Waals surface area contributed by atoms with Gasteiger partial charge in [-0.05, 0) is 36.8 Å². The summed E-state index contributed by atoms with van der Waals surface area (Å²) in [6, 6.07) is 9.70. The molecule has 4 heteroatoms. The van der Waals surface area contributed by atoms with Crippen molar-refractivity contribution in [1.82, 2.24) is 9.97 Å². The summed E-state index contributed by atoms with van der Waals surface area (Å²) < 4.78 is 5.90. The average molecular weight is 257 g/mol. The van der Waals surface area contributed by atoms with Crippen LogP contribution >= 0.6 is 0 Å². The summed E-state index contributed by atoms with van der Waals surface area (Å²) in [6.45, 7) is 2.55. The standard InChI is InChI=1S/C15H19N3O/c1-12(16)15(13-5-9-17-10-6-13)19-11-7-14-4-2-3-8-18-14/h2-6,8-10,12,15H,7,11,16H2,1H3. The molecule has 0 saturated carbocycles. The van der Waals surface area contributed by atoms with Gasteiger partial charge in [-0.3, -0.25) is 9.97 Å². The second-order valence-electron chi connectivity index (χ2n) is 4.50. The van der Waals surface area contributed by atoms with Crippen LogP contribution in [0.15, 0.2) is 48.9 Å². The van der Waals surface area contributed by atoms with Gasteiger partial charge < -0.3 is 10.5 Å². The van der Waals surface area contributed by atoms with E-state index in [9.17, 15) is 0 Å². The molecule has 2 heterocycles. The van der Waals surface area contributed by atoms with E-state index in [1.54, 1.807) is 18.6 Å². The Morgan fingerprint density at radius 2 is 1.95 bits per heavy atom. The zero-order valence-corrected chi connectivity index (χ0v) is 11.1. The Bertz CT molecular complexity index is 473. The first-order valence-electron chi connectivity index (χ1n) is 6.44. The van der Waals surface area contributed by atoms with Gasteiger partial charge in [0, 0.05) is 36.7 Å². The molecule has 2 atom stereocenters. The Morgan fingerprint density at radius 1 is 1.16 bits per heavy atom. The molecule has 0 fully saturated rings. The van der Waals surface area contributed by atoms with E-state index in [1.165, 1.54) is 0 Å². The van der Waals surface area contributed by atoms with E-state index in [-0.39, 0.29) is 12.1 Å². The van der Waals surface area contributed by atoms with Crippen LogP contribution in [-0.2, 0) is 11.2 Å². The number of nitrogens with zero attached hydrogens (tertiary/aromatic N) is 2. The van der Waals surface area contributed by atoms with Crippen molar-refractivity contribution in [3.05, 3.63) is 60.2 Å². The highest BCUT2D eigenvalue weighted by molar-refractivity contribution is 5.15. The summed E-state index contributed by atoms with van der Waals surface area (Å²) in [6.07, 6.45) is 5.99. The summed E-state index contributed by atoms with van der Waals surface area (Å²) >= 11 is 0. The molecule has 0 bridgehead atoms. The Balaban J connectivity index is 1.92. The van der Waals surface area contributed by atoms with Gasteiger partial charge in [0.2, 0.25) is 0 Å². The van der Waals surface area contributed by atoms with Crippen molar-refractivity contribution in [1.29, 1.82) is 0 Å². The topological polar surface area (TPSA) is 61.0 Å². The molecule has 0 aliphatic heterocycles. The largest absolute Gasteiger partial charge is 0.372 e. The predicted octanol–water partition coefficient (Wildman–Crippen LogP) is 2.12. The Kier molecular flexibility index (Phi) is 5.01. The van der Waals surface area contributed by atoms with Gasteiger partial charge in [-0.25, -0.2) is 0 Å². The van der Waals surface area contributed by atoms with E-state index in [4.69, 9.17) is 10.5 Å². The third-order valence-corrected chi connectivity index (χ3v) is 2.89. The minimum absolute atomic E-state index is 0.0638. The zero-order valence-electron chi connectivity index (χ0n) is 11.1. The molecule has 2 aromatic rings. The second kappa shape index (κ2) is 6.97. The molecule has 100 valence electrons. The highest BCUT2D eigenvalue weighted by Gasteiger charge is 2.16. The van der Waals surface area contributed by atoms with Gasteiger partial charge in [-0.1, -0.05) is 6.07 Å². The molecule has 0 spiro atoms. The molecule has 19 heavy (non-hydrogen) atoms. The van der Waals surface area contributed by atoms with E-state index >= 15 is 0 Å². The lowest BCUT2D eigenvalue weighted by Gasteiger charge is -2.21.